The molecule has 0 aliphatic carbocycles. The minimum absolute atomic E-state index is 0. The molecular formula is C48H48Cl3Cu2N8O14+. The summed E-state index contributed by atoms with van der Waals surface area (Å²) in [5.41, 5.74) is 16.1. The molecule has 0 aromatic carbocycles. The van der Waals surface area contributed by atoms with Crippen molar-refractivity contribution in [2.75, 3.05) is 0 Å². The maximum atomic E-state index is 8.49. The van der Waals surface area contributed by atoms with E-state index >= 15 is 0 Å². The van der Waals surface area contributed by atoms with Crippen LogP contribution in [0, 0.1) is 58.4 Å². The van der Waals surface area contributed by atoms with Gasteiger partial charge >= 0.3 is 34.1 Å². The molecule has 0 aliphatic heterocycles. The van der Waals surface area contributed by atoms with Gasteiger partial charge in [-0.05, 0) is 148 Å². The third-order valence-electron chi connectivity index (χ3n) is 9.25. The van der Waals surface area contributed by atoms with Crippen molar-refractivity contribution in [3.05, 3.63) is 191 Å². The molecule has 8 heterocycles. The Morgan fingerprint density at radius 2 is 0.587 bits per heavy atom. The Morgan fingerprint density at radius 3 is 0.840 bits per heavy atom. The molecule has 4 N–H and O–H groups in total. The normalized spacial score (nSPS) is 10.5. The van der Waals surface area contributed by atoms with Crippen LogP contribution in [-0.2, 0) is 65.3 Å². The van der Waals surface area contributed by atoms with Crippen LogP contribution in [0.25, 0.3) is 45.6 Å². The van der Waals surface area contributed by atoms with Crippen LogP contribution in [0.1, 0.15) is 45.0 Å². The molecule has 0 saturated carbocycles. The topological polar surface area (TPSA) is 443 Å². The minimum Gasteiger partial charge on any atom is -0.870 e. The molecule has 0 fully saturated rings. The molecule has 0 spiro atoms. The SMILES string of the molecule is Cc1ccc(-c2ccc(CCc3cccc(-c4cccc(C)n4)n3)cn2)nc1.Cc1ccc(-c2ccc(CCc3cccc(-c4cccc(C)n4)n3)cn2)nc1.[Cu+2].[Cu+2].[O-][Cl+3]([O-])([O-])[O-].[O-][Cl+3]([O-])([O-])[O-].[O-][Cl+3]([O-])([O-])[O-].[OH-].[OH3+]. The number of aryl methyl sites for hydroxylation is 8. The van der Waals surface area contributed by atoms with E-state index in [0.717, 1.165) is 105 Å². The van der Waals surface area contributed by atoms with Crippen molar-refractivity contribution < 1.29 is 132 Å². The molecule has 0 atom stereocenters. The van der Waals surface area contributed by atoms with Gasteiger partial charge in [0.2, 0.25) is 0 Å². The Hall–Kier alpha value is -5.45. The first-order valence-corrected chi connectivity index (χ1v) is 24.5. The number of aromatic nitrogens is 8. The zero-order valence-electron chi connectivity index (χ0n) is 39.9. The largest absolute Gasteiger partial charge is 2.00 e. The van der Waals surface area contributed by atoms with Gasteiger partial charge in [0, 0.05) is 47.6 Å². The Morgan fingerprint density at radius 1 is 0.320 bits per heavy atom. The number of hydrogen-bond acceptors (Lipinski definition) is 21. The van der Waals surface area contributed by atoms with Gasteiger partial charge in [-0.1, -0.05) is 48.5 Å². The van der Waals surface area contributed by atoms with Crippen LogP contribution in [0.3, 0.4) is 0 Å². The molecular weight excluding hydrogens is 1150 g/mol. The second-order valence-electron chi connectivity index (χ2n) is 15.0. The van der Waals surface area contributed by atoms with Crippen LogP contribution >= 0.6 is 0 Å². The third kappa shape index (κ3) is 30.0. The van der Waals surface area contributed by atoms with Gasteiger partial charge in [0.25, 0.3) is 0 Å². The predicted octanol–water partition coefficient (Wildman–Crippen LogP) is -5.37. The zero-order valence-corrected chi connectivity index (χ0v) is 44.1. The first kappa shape index (κ1) is 69.5. The van der Waals surface area contributed by atoms with Crippen molar-refractivity contribution >= 4 is 0 Å². The average molecular weight is 1190 g/mol. The van der Waals surface area contributed by atoms with Crippen molar-refractivity contribution in [3.63, 3.8) is 0 Å². The molecule has 75 heavy (non-hydrogen) atoms. The quantitative estimate of drug-likeness (QED) is 0.0911. The standard InChI is InChI=1S/2C24H22N4.3ClHO4.2Cu.2H2O/c2*1-17-9-13-21(25-15-17)22-14-11-19(16-26-22)10-12-20-6-4-8-24(28-20)23-7-3-5-18(2)27-23;3*2-1(3,4)5;;;;/h2*3-9,11,13-16H,10,12H2,1-2H3;3*(H,2,3,4,5);;;2*1H2/q;;;;;2*+2;;/p-3. The van der Waals surface area contributed by atoms with E-state index < -0.39 is 30.7 Å². The van der Waals surface area contributed by atoms with Crippen LogP contribution in [0.5, 0.6) is 0 Å². The number of halogens is 3. The van der Waals surface area contributed by atoms with Gasteiger partial charge in [-0.25, -0.2) is 55.9 Å². The summed E-state index contributed by atoms with van der Waals surface area (Å²) in [5, 5.41) is 0. The summed E-state index contributed by atoms with van der Waals surface area (Å²) in [6.45, 7) is 8.06. The Labute approximate surface area is 459 Å². The van der Waals surface area contributed by atoms with E-state index in [0.29, 0.717) is 0 Å². The van der Waals surface area contributed by atoms with Crippen molar-refractivity contribution in [3.8, 4) is 45.6 Å². The van der Waals surface area contributed by atoms with Gasteiger partial charge < -0.3 is 11.0 Å². The number of rotatable bonds is 10. The maximum absolute atomic E-state index is 8.49. The fourth-order valence-corrected chi connectivity index (χ4v) is 6.13. The summed E-state index contributed by atoms with van der Waals surface area (Å²) in [6, 6.07) is 40.7. The summed E-state index contributed by atoms with van der Waals surface area (Å²) in [7, 11) is -14.8. The number of nitrogens with zero attached hydrogens (tertiary/aromatic N) is 8. The predicted molar refractivity (Wildman–Crippen MR) is 230 cm³/mol. The first-order chi connectivity index (χ1) is 33.3. The van der Waals surface area contributed by atoms with E-state index in [-0.39, 0.29) is 45.1 Å². The van der Waals surface area contributed by atoms with Crippen LogP contribution in [0.4, 0.5) is 0 Å². The van der Waals surface area contributed by atoms with E-state index in [1.165, 1.54) is 11.1 Å². The summed E-state index contributed by atoms with van der Waals surface area (Å²) >= 11 is 0. The summed E-state index contributed by atoms with van der Waals surface area (Å²) in [6.07, 6.45) is 11.1. The summed E-state index contributed by atoms with van der Waals surface area (Å²) in [5.74, 6) is 0. The van der Waals surface area contributed by atoms with E-state index in [2.05, 4.69) is 66.3 Å². The molecule has 0 unspecified atom stereocenters. The van der Waals surface area contributed by atoms with Gasteiger partial charge in [-0.15, -0.1) is 30.7 Å². The van der Waals surface area contributed by atoms with E-state index in [4.69, 9.17) is 65.9 Å². The van der Waals surface area contributed by atoms with Crippen LogP contribution < -0.4 is 55.9 Å². The van der Waals surface area contributed by atoms with Crippen LogP contribution in [-0.4, -0.2) is 45.3 Å². The molecule has 27 heteroatoms. The Bertz CT molecular complexity index is 2650. The molecule has 22 nitrogen and oxygen atoms in total. The van der Waals surface area contributed by atoms with Crippen LogP contribution in [0.2, 0.25) is 0 Å². The smallest absolute Gasteiger partial charge is 0.870 e. The van der Waals surface area contributed by atoms with E-state index in [1.54, 1.807) is 0 Å². The Kier molecular flexibility index (Phi) is 31.1. The fraction of sp³-hybridized carbons (Fsp3) is 0.167. The van der Waals surface area contributed by atoms with Gasteiger partial charge in [0.05, 0.1) is 45.6 Å². The molecule has 0 aliphatic rings. The Balaban J connectivity index is 0.00000110. The van der Waals surface area contributed by atoms with Crippen molar-refractivity contribution in [1.29, 1.82) is 0 Å². The molecule has 8 aromatic rings. The monoisotopic (exact) mass is 1190 g/mol. The molecule has 0 amide bonds. The molecule has 0 saturated heterocycles. The third-order valence-corrected chi connectivity index (χ3v) is 9.25. The van der Waals surface area contributed by atoms with Gasteiger partial charge in [-0.2, -0.15) is 0 Å². The molecule has 0 bridgehead atoms. The second kappa shape index (κ2) is 33.6. The van der Waals surface area contributed by atoms with Crippen molar-refractivity contribution in [2.45, 2.75) is 53.4 Å². The van der Waals surface area contributed by atoms with Gasteiger partial charge in [-0.3, -0.25) is 39.9 Å². The molecule has 406 valence electrons. The van der Waals surface area contributed by atoms with Crippen LogP contribution in [0.15, 0.2) is 146 Å². The minimum atomic E-state index is -4.94. The van der Waals surface area contributed by atoms with Gasteiger partial charge in [0.15, 0.2) is 0 Å². The molecule has 2 radical (unpaired) electrons. The van der Waals surface area contributed by atoms with E-state index in [1.807, 2.05) is 137 Å². The maximum Gasteiger partial charge on any atom is 2.00 e. The van der Waals surface area contributed by atoms with Gasteiger partial charge in [0.1, 0.15) is 0 Å². The summed E-state index contributed by atoms with van der Waals surface area (Å²) in [4.78, 5) is 36.7. The second-order valence-corrected chi connectivity index (χ2v) is 17.3. The number of pyridine rings is 8. The first-order valence-electron chi connectivity index (χ1n) is 20.8. The average Bonchev–Trinajstić information content (AvgIpc) is 3.30. The zero-order chi connectivity index (χ0) is 52.2. The van der Waals surface area contributed by atoms with Crippen molar-refractivity contribution in [2.24, 2.45) is 0 Å². The molecule has 8 rings (SSSR count). The summed E-state index contributed by atoms with van der Waals surface area (Å²) < 4.78 is 102. The van der Waals surface area contributed by atoms with E-state index in [9.17, 15) is 0 Å². The fourth-order valence-electron chi connectivity index (χ4n) is 6.13. The van der Waals surface area contributed by atoms with Crippen molar-refractivity contribution in [1.82, 2.24) is 39.9 Å². The molecule has 8 aromatic heterocycles. The number of hydrogen-bond donors (Lipinski definition) is 0.